The first-order valence-electron chi connectivity index (χ1n) is 9.87. The molecule has 1 atom stereocenters. The number of nitrogens with one attached hydrogen (secondary N) is 2. The van der Waals surface area contributed by atoms with Crippen LogP contribution in [0, 0.1) is 0 Å². The van der Waals surface area contributed by atoms with Crippen LogP contribution in [0.1, 0.15) is 50.6 Å². The summed E-state index contributed by atoms with van der Waals surface area (Å²) < 4.78 is 1.66. The summed E-state index contributed by atoms with van der Waals surface area (Å²) in [7, 11) is 0. The predicted molar refractivity (Wildman–Crippen MR) is 104 cm³/mol. The molecule has 4 amide bonds. The van der Waals surface area contributed by atoms with E-state index in [0.29, 0.717) is 12.8 Å². The van der Waals surface area contributed by atoms with Crippen LogP contribution in [0.4, 0.5) is 4.79 Å². The van der Waals surface area contributed by atoms with Gasteiger partial charge in [0, 0.05) is 13.0 Å². The second kappa shape index (κ2) is 7.65. The maximum absolute atomic E-state index is 12.6. The van der Waals surface area contributed by atoms with Crippen molar-refractivity contribution in [2.45, 2.75) is 50.6 Å². The van der Waals surface area contributed by atoms with Gasteiger partial charge in [-0.1, -0.05) is 25.0 Å². The Morgan fingerprint density at radius 3 is 2.62 bits per heavy atom. The lowest BCUT2D eigenvalue weighted by molar-refractivity contribution is -0.131. The van der Waals surface area contributed by atoms with Gasteiger partial charge in [-0.2, -0.15) is 5.10 Å². The Kier molecular flexibility index (Phi) is 5.04. The first-order chi connectivity index (χ1) is 14.0. The number of amides is 4. The van der Waals surface area contributed by atoms with Crippen molar-refractivity contribution >= 4 is 17.8 Å². The number of aromatic nitrogens is 3. The molecule has 1 aromatic carbocycles. The molecule has 2 aromatic rings. The highest BCUT2D eigenvalue weighted by atomic mass is 16.2. The molecule has 1 spiro atoms. The highest BCUT2D eigenvalue weighted by molar-refractivity contribution is 6.07. The Morgan fingerprint density at radius 2 is 1.97 bits per heavy atom. The number of hydrogen-bond donors (Lipinski definition) is 2. The molecule has 2 heterocycles. The summed E-state index contributed by atoms with van der Waals surface area (Å²) in [6.07, 6.45) is 6.41. The smallest absolute Gasteiger partial charge is 0.325 e. The number of benzene rings is 1. The average molecular weight is 396 g/mol. The molecule has 0 unspecified atom stereocenters. The molecule has 1 aliphatic heterocycles. The third-order valence-electron chi connectivity index (χ3n) is 5.72. The van der Waals surface area contributed by atoms with E-state index in [-0.39, 0.29) is 36.9 Å². The lowest BCUT2D eigenvalue weighted by Gasteiger charge is -2.20. The first-order valence-corrected chi connectivity index (χ1v) is 9.87. The first kappa shape index (κ1) is 19.1. The lowest BCUT2D eigenvalue weighted by atomic mass is 9.98. The van der Waals surface area contributed by atoms with Crippen LogP contribution in [0.2, 0.25) is 0 Å². The van der Waals surface area contributed by atoms with Crippen LogP contribution in [0.3, 0.4) is 0 Å². The molecule has 2 aliphatic rings. The molecule has 0 bridgehead atoms. The molecule has 9 heteroatoms. The normalized spacial score (nSPS) is 18.9. The van der Waals surface area contributed by atoms with Gasteiger partial charge in [0.15, 0.2) is 0 Å². The van der Waals surface area contributed by atoms with E-state index in [1.807, 2.05) is 31.2 Å². The maximum Gasteiger partial charge on any atom is 0.325 e. The van der Waals surface area contributed by atoms with Crippen LogP contribution in [0.15, 0.2) is 36.9 Å². The molecule has 29 heavy (non-hydrogen) atoms. The minimum Gasteiger partial charge on any atom is -0.350 e. The van der Waals surface area contributed by atoms with Crippen LogP contribution >= 0.6 is 0 Å². The Morgan fingerprint density at radius 1 is 1.24 bits per heavy atom. The predicted octanol–water partition coefficient (Wildman–Crippen LogP) is 1.70. The number of carbonyl (C=O) groups excluding carboxylic acids is 3. The van der Waals surface area contributed by atoms with Crippen LogP contribution in [-0.4, -0.2) is 49.6 Å². The van der Waals surface area contributed by atoms with Crippen LogP contribution in [0.5, 0.6) is 0 Å². The second-order valence-electron chi connectivity index (χ2n) is 7.65. The summed E-state index contributed by atoms with van der Waals surface area (Å²) >= 11 is 0. The maximum atomic E-state index is 12.6. The van der Waals surface area contributed by atoms with Gasteiger partial charge in [0.1, 0.15) is 18.2 Å². The van der Waals surface area contributed by atoms with Crippen molar-refractivity contribution in [2.24, 2.45) is 0 Å². The molecule has 4 rings (SSSR count). The number of carbonyl (C=O) groups is 3. The summed E-state index contributed by atoms with van der Waals surface area (Å²) in [4.78, 5) is 42.3. The Balaban J connectivity index is 1.30. The summed E-state index contributed by atoms with van der Waals surface area (Å²) in [5, 5.41) is 9.83. The molecule has 152 valence electrons. The van der Waals surface area contributed by atoms with Crippen molar-refractivity contribution in [1.82, 2.24) is 30.3 Å². The molecule has 2 fully saturated rings. The van der Waals surface area contributed by atoms with Crippen LogP contribution < -0.4 is 10.6 Å². The zero-order valence-corrected chi connectivity index (χ0v) is 16.3. The SMILES string of the molecule is C[C@H](NC(=O)CCN1C(=O)NC2(CCCC2)C1=O)c1ccc(-n2cncn2)cc1. The minimum absolute atomic E-state index is 0.0800. The highest BCUT2D eigenvalue weighted by Gasteiger charge is 2.52. The number of urea groups is 1. The molecular formula is C20H24N6O3. The molecule has 9 nitrogen and oxygen atoms in total. The summed E-state index contributed by atoms with van der Waals surface area (Å²) in [5.41, 5.74) is 1.10. The Hall–Kier alpha value is -3.23. The summed E-state index contributed by atoms with van der Waals surface area (Å²) in [6, 6.07) is 7.06. The number of rotatable bonds is 6. The minimum atomic E-state index is -0.729. The molecule has 0 radical (unpaired) electrons. The van der Waals surface area contributed by atoms with Crippen molar-refractivity contribution in [2.75, 3.05) is 6.54 Å². The van der Waals surface area contributed by atoms with Crippen molar-refractivity contribution in [1.29, 1.82) is 0 Å². The van der Waals surface area contributed by atoms with Gasteiger partial charge in [-0.15, -0.1) is 0 Å². The van der Waals surface area contributed by atoms with Gasteiger partial charge in [-0.25, -0.2) is 14.5 Å². The number of hydrogen-bond acceptors (Lipinski definition) is 5. The zero-order valence-electron chi connectivity index (χ0n) is 16.3. The van der Waals surface area contributed by atoms with Crippen molar-refractivity contribution < 1.29 is 14.4 Å². The van der Waals surface area contributed by atoms with Crippen molar-refractivity contribution in [3.05, 3.63) is 42.5 Å². The Labute approximate surface area is 168 Å². The molecular weight excluding hydrogens is 372 g/mol. The second-order valence-corrected chi connectivity index (χ2v) is 7.65. The molecule has 1 aromatic heterocycles. The van der Waals surface area contributed by atoms with Crippen molar-refractivity contribution in [3.8, 4) is 5.69 Å². The zero-order chi connectivity index (χ0) is 20.4. The fraction of sp³-hybridized carbons (Fsp3) is 0.450. The molecule has 1 aliphatic carbocycles. The van der Waals surface area contributed by atoms with Gasteiger partial charge < -0.3 is 10.6 Å². The van der Waals surface area contributed by atoms with Gasteiger partial charge in [0.05, 0.1) is 11.7 Å². The van der Waals surface area contributed by atoms with E-state index in [4.69, 9.17) is 0 Å². The van der Waals surface area contributed by atoms with Crippen LogP contribution in [0.25, 0.3) is 5.69 Å². The van der Waals surface area contributed by atoms with E-state index in [2.05, 4.69) is 20.7 Å². The topological polar surface area (TPSA) is 109 Å². The lowest BCUT2D eigenvalue weighted by Crippen LogP contribution is -2.44. The van der Waals surface area contributed by atoms with E-state index in [9.17, 15) is 14.4 Å². The molecule has 2 N–H and O–H groups in total. The van der Waals surface area contributed by atoms with Crippen molar-refractivity contribution in [3.63, 3.8) is 0 Å². The summed E-state index contributed by atoms with van der Waals surface area (Å²) in [6.45, 7) is 1.99. The Bertz CT molecular complexity index is 903. The van der Waals surface area contributed by atoms with E-state index in [0.717, 1.165) is 24.1 Å². The van der Waals surface area contributed by atoms with E-state index < -0.39 is 5.54 Å². The molecule has 1 saturated heterocycles. The van der Waals surface area contributed by atoms with E-state index in [1.165, 1.54) is 11.2 Å². The largest absolute Gasteiger partial charge is 0.350 e. The fourth-order valence-electron chi connectivity index (χ4n) is 4.06. The van der Waals surface area contributed by atoms with Gasteiger partial charge in [-0.05, 0) is 37.5 Å². The third-order valence-corrected chi connectivity index (χ3v) is 5.72. The van der Waals surface area contributed by atoms with Gasteiger partial charge >= 0.3 is 6.03 Å². The van der Waals surface area contributed by atoms with Crippen LogP contribution in [-0.2, 0) is 9.59 Å². The molecule has 1 saturated carbocycles. The quantitative estimate of drug-likeness (QED) is 0.723. The standard InChI is InChI=1S/C20H24N6O3/c1-14(15-4-6-16(7-5-15)26-13-21-12-22-26)23-17(27)8-11-25-18(28)20(24-19(25)29)9-2-3-10-20/h4-7,12-14H,2-3,8-11H2,1H3,(H,23,27)(H,24,29)/t14-/m0/s1. The fourth-order valence-corrected chi connectivity index (χ4v) is 4.06. The third kappa shape index (κ3) is 3.72. The highest BCUT2D eigenvalue weighted by Crippen LogP contribution is 2.35. The number of nitrogens with zero attached hydrogens (tertiary/aromatic N) is 4. The average Bonchev–Trinajstić information content (AvgIpc) is 3.44. The summed E-state index contributed by atoms with van der Waals surface area (Å²) in [5.74, 6) is -0.393. The monoisotopic (exact) mass is 396 g/mol. The van der Waals surface area contributed by atoms with Gasteiger partial charge in [-0.3, -0.25) is 14.5 Å². The number of imide groups is 1. The van der Waals surface area contributed by atoms with Gasteiger partial charge in [0.25, 0.3) is 5.91 Å². The van der Waals surface area contributed by atoms with E-state index in [1.54, 1.807) is 11.0 Å². The van der Waals surface area contributed by atoms with E-state index >= 15 is 0 Å². The van der Waals surface area contributed by atoms with Gasteiger partial charge in [0.2, 0.25) is 5.91 Å².